The van der Waals surface area contributed by atoms with Crippen molar-refractivity contribution in [1.82, 2.24) is 10.3 Å². The highest BCUT2D eigenvalue weighted by Crippen LogP contribution is 2.29. The van der Waals surface area contributed by atoms with Gasteiger partial charge in [0, 0.05) is 12.6 Å². The van der Waals surface area contributed by atoms with E-state index in [1.54, 1.807) is 0 Å². The Morgan fingerprint density at radius 3 is 2.65 bits per heavy atom. The Morgan fingerprint density at radius 2 is 2.10 bits per heavy atom. The van der Waals surface area contributed by atoms with Crippen LogP contribution in [0.3, 0.4) is 0 Å². The summed E-state index contributed by atoms with van der Waals surface area (Å²) in [5.74, 6) is 5.08. The summed E-state index contributed by atoms with van der Waals surface area (Å²) in [5.41, 5.74) is 3.36. The standard InChI is InChI=1S/C16H25N3O/c1-2-3-11-19(14-9-10-14)12-15(16(20)18-17)13-7-5-4-6-8-13/h4-8,14-15H,2-3,9-12,17H2,1H3,(H,18,20). The fourth-order valence-corrected chi connectivity index (χ4v) is 2.58. The van der Waals surface area contributed by atoms with Gasteiger partial charge in [0.15, 0.2) is 0 Å². The van der Waals surface area contributed by atoms with Crippen LogP contribution < -0.4 is 11.3 Å². The Balaban J connectivity index is 2.08. The van der Waals surface area contributed by atoms with Crippen molar-refractivity contribution >= 4 is 5.91 Å². The fourth-order valence-electron chi connectivity index (χ4n) is 2.58. The number of nitrogens with two attached hydrogens (primary N) is 1. The number of nitrogens with one attached hydrogen (secondary N) is 1. The minimum absolute atomic E-state index is 0.0988. The molecule has 110 valence electrons. The molecule has 4 heteroatoms. The molecule has 1 aliphatic carbocycles. The Kier molecular flexibility index (Phi) is 5.56. The van der Waals surface area contributed by atoms with Crippen molar-refractivity contribution in [2.45, 2.75) is 44.6 Å². The molecule has 1 saturated carbocycles. The van der Waals surface area contributed by atoms with Crippen LogP contribution in [0, 0.1) is 0 Å². The summed E-state index contributed by atoms with van der Waals surface area (Å²) < 4.78 is 0. The van der Waals surface area contributed by atoms with Crippen LogP contribution in [0.5, 0.6) is 0 Å². The molecule has 1 fully saturated rings. The molecule has 0 saturated heterocycles. The lowest BCUT2D eigenvalue weighted by Gasteiger charge is -2.26. The molecular formula is C16H25N3O. The largest absolute Gasteiger partial charge is 0.299 e. The monoisotopic (exact) mass is 275 g/mol. The second-order valence-corrected chi connectivity index (χ2v) is 5.55. The lowest BCUT2D eigenvalue weighted by molar-refractivity contribution is -0.123. The molecule has 0 bridgehead atoms. The van der Waals surface area contributed by atoms with Gasteiger partial charge in [0.25, 0.3) is 0 Å². The molecule has 0 aromatic heterocycles. The summed E-state index contributed by atoms with van der Waals surface area (Å²) in [6.07, 6.45) is 4.88. The van der Waals surface area contributed by atoms with E-state index in [0.717, 1.165) is 18.7 Å². The van der Waals surface area contributed by atoms with Gasteiger partial charge in [-0.05, 0) is 31.4 Å². The van der Waals surface area contributed by atoms with Crippen LogP contribution in [0.25, 0.3) is 0 Å². The molecule has 1 aromatic carbocycles. The molecule has 2 rings (SSSR count). The number of hydrogen-bond acceptors (Lipinski definition) is 3. The molecule has 3 N–H and O–H groups in total. The van der Waals surface area contributed by atoms with Gasteiger partial charge in [0.2, 0.25) is 5.91 Å². The van der Waals surface area contributed by atoms with Crippen LogP contribution >= 0.6 is 0 Å². The van der Waals surface area contributed by atoms with Crippen molar-refractivity contribution in [3.8, 4) is 0 Å². The first-order valence-electron chi connectivity index (χ1n) is 7.55. The van der Waals surface area contributed by atoms with Crippen LogP contribution in [0.4, 0.5) is 0 Å². The molecule has 1 amide bonds. The Hall–Kier alpha value is -1.39. The summed E-state index contributed by atoms with van der Waals surface area (Å²) in [6, 6.07) is 10.6. The highest BCUT2D eigenvalue weighted by Gasteiger charge is 2.32. The number of rotatable bonds is 8. The lowest BCUT2D eigenvalue weighted by Crippen LogP contribution is -2.41. The summed E-state index contributed by atoms with van der Waals surface area (Å²) in [6.45, 7) is 4.03. The van der Waals surface area contributed by atoms with Gasteiger partial charge in [-0.1, -0.05) is 43.7 Å². The molecule has 1 aromatic rings. The van der Waals surface area contributed by atoms with E-state index >= 15 is 0 Å². The Bertz CT molecular complexity index is 417. The maximum Gasteiger partial charge on any atom is 0.242 e. The maximum absolute atomic E-state index is 12.1. The second-order valence-electron chi connectivity index (χ2n) is 5.55. The van der Waals surface area contributed by atoms with Gasteiger partial charge in [-0.3, -0.25) is 15.1 Å². The molecule has 20 heavy (non-hydrogen) atoms. The predicted molar refractivity (Wildman–Crippen MR) is 81.0 cm³/mol. The summed E-state index contributed by atoms with van der Waals surface area (Å²) in [5, 5.41) is 0. The van der Waals surface area contributed by atoms with Crippen LogP contribution in [0.1, 0.15) is 44.1 Å². The summed E-state index contributed by atoms with van der Waals surface area (Å²) in [4.78, 5) is 14.6. The van der Waals surface area contributed by atoms with Gasteiger partial charge in [0.05, 0.1) is 5.92 Å². The number of nitrogens with zero attached hydrogens (tertiary/aromatic N) is 1. The van der Waals surface area contributed by atoms with E-state index in [1.807, 2.05) is 30.3 Å². The molecular weight excluding hydrogens is 250 g/mol. The van der Waals surface area contributed by atoms with E-state index in [2.05, 4.69) is 17.2 Å². The van der Waals surface area contributed by atoms with Crippen molar-refractivity contribution in [3.63, 3.8) is 0 Å². The Morgan fingerprint density at radius 1 is 1.40 bits per heavy atom. The van der Waals surface area contributed by atoms with Crippen molar-refractivity contribution in [2.75, 3.05) is 13.1 Å². The maximum atomic E-state index is 12.1. The minimum Gasteiger partial charge on any atom is -0.299 e. The third-order valence-electron chi connectivity index (χ3n) is 3.94. The number of hydrazine groups is 1. The second kappa shape index (κ2) is 7.41. The average molecular weight is 275 g/mol. The summed E-state index contributed by atoms with van der Waals surface area (Å²) in [7, 11) is 0. The van der Waals surface area contributed by atoms with Crippen LogP contribution in [-0.2, 0) is 4.79 Å². The highest BCUT2D eigenvalue weighted by molar-refractivity contribution is 5.83. The number of unbranched alkanes of at least 4 members (excludes halogenated alkanes) is 1. The van der Waals surface area contributed by atoms with Crippen molar-refractivity contribution in [3.05, 3.63) is 35.9 Å². The van der Waals surface area contributed by atoms with Gasteiger partial charge < -0.3 is 0 Å². The van der Waals surface area contributed by atoms with E-state index in [1.165, 1.54) is 25.7 Å². The SMILES string of the molecule is CCCCN(CC(C(=O)NN)c1ccccc1)C1CC1. The molecule has 0 spiro atoms. The molecule has 0 radical (unpaired) electrons. The van der Waals surface area contributed by atoms with Gasteiger partial charge in [-0.2, -0.15) is 0 Å². The summed E-state index contributed by atoms with van der Waals surface area (Å²) >= 11 is 0. The minimum atomic E-state index is -0.182. The number of benzene rings is 1. The molecule has 0 heterocycles. The molecule has 1 aliphatic rings. The topological polar surface area (TPSA) is 58.4 Å². The van der Waals surface area contributed by atoms with Crippen LogP contribution in [0.2, 0.25) is 0 Å². The first kappa shape index (κ1) is 15.0. The highest BCUT2D eigenvalue weighted by atomic mass is 16.2. The zero-order valence-corrected chi connectivity index (χ0v) is 12.2. The predicted octanol–water partition coefficient (Wildman–Crippen LogP) is 2.02. The smallest absolute Gasteiger partial charge is 0.242 e. The first-order chi connectivity index (χ1) is 9.76. The lowest BCUT2D eigenvalue weighted by atomic mass is 9.97. The van der Waals surface area contributed by atoms with Crippen molar-refractivity contribution in [2.24, 2.45) is 5.84 Å². The normalized spacial score (nSPS) is 16.1. The van der Waals surface area contributed by atoms with E-state index in [-0.39, 0.29) is 11.8 Å². The molecule has 4 nitrogen and oxygen atoms in total. The van der Waals surface area contributed by atoms with E-state index < -0.39 is 0 Å². The quantitative estimate of drug-likeness (QED) is 0.433. The number of amides is 1. The third kappa shape index (κ3) is 4.05. The van der Waals surface area contributed by atoms with Gasteiger partial charge in [0.1, 0.15) is 0 Å². The van der Waals surface area contributed by atoms with E-state index in [0.29, 0.717) is 6.04 Å². The average Bonchev–Trinajstić information content (AvgIpc) is 3.32. The number of hydrogen-bond donors (Lipinski definition) is 2. The van der Waals surface area contributed by atoms with Crippen LogP contribution in [-0.4, -0.2) is 29.9 Å². The van der Waals surface area contributed by atoms with E-state index in [4.69, 9.17) is 5.84 Å². The Labute approximate surface area is 121 Å². The molecule has 1 unspecified atom stereocenters. The molecule has 0 aliphatic heterocycles. The first-order valence-corrected chi connectivity index (χ1v) is 7.55. The van der Waals surface area contributed by atoms with Crippen molar-refractivity contribution < 1.29 is 4.79 Å². The van der Waals surface area contributed by atoms with E-state index in [9.17, 15) is 4.79 Å². The zero-order valence-electron chi connectivity index (χ0n) is 12.2. The fraction of sp³-hybridized carbons (Fsp3) is 0.562. The third-order valence-corrected chi connectivity index (χ3v) is 3.94. The van der Waals surface area contributed by atoms with Crippen LogP contribution in [0.15, 0.2) is 30.3 Å². The van der Waals surface area contributed by atoms with Gasteiger partial charge in [-0.15, -0.1) is 0 Å². The van der Waals surface area contributed by atoms with Gasteiger partial charge >= 0.3 is 0 Å². The molecule has 1 atom stereocenters. The van der Waals surface area contributed by atoms with Gasteiger partial charge in [-0.25, -0.2) is 5.84 Å². The zero-order chi connectivity index (χ0) is 14.4. The number of carbonyl (C=O) groups excluding carboxylic acids is 1. The van der Waals surface area contributed by atoms with Crippen molar-refractivity contribution in [1.29, 1.82) is 0 Å². The number of carbonyl (C=O) groups is 1.